The molecule has 27 heavy (non-hydrogen) atoms. The normalized spacial score (nSPS) is 14.0. The lowest BCUT2D eigenvalue weighted by atomic mass is 10.0. The summed E-state index contributed by atoms with van der Waals surface area (Å²) in [6, 6.07) is 5.94. The Balaban J connectivity index is 1.83. The second kappa shape index (κ2) is 9.11. The number of carbonyl (C=O) groups excluding carboxylic acids is 2. The number of ether oxygens (including phenoxy) is 3. The van der Waals surface area contributed by atoms with E-state index >= 15 is 0 Å². The maximum Gasteiger partial charge on any atom is 0.306 e. The fourth-order valence-electron chi connectivity index (χ4n) is 3.17. The van der Waals surface area contributed by atoms with Gasteiger partial charge in [-0.25, -0.2) is 0 Å². The lowest BCUT2D eigenvalue weighted by molar-refractivity contribution is -0.154. The highest BCUT2D eigenvalue weighted by Gasteiger charge is 2.21. The summed E-state index contributed by atoms with van der Waals surface area (Å²) in [4.78, 5) is 26.2. The fraction of sp³-hybridized carbons (Fsp3) is 0.619. The topological polar surface area (TPSA) is 65.1 Å². The molecule has 0 aliphatic carbocycles. The molecule has 0 N–H and O–H groups in total. The molecule has 150 valence electrons. The molecule has 0 radical (unpaired) electrons. The number of carbonyl (C=O) groups is 2. The van der Waals surface area contributed by atoms with Gasteiger partial charge in [0, 0.05) is 25.4 Å². The van der Waals surface area contributed by atoms with Crippen molar-refractivity contribution in [2.24, 2.45) is 0 Å². The first-order valence-corrected chi connectivity index (χ1v) is 9.59. The van der Waals surface area contributed by atoms with Gasteiger partial charge in [-0.15, -0.1) is 0 Å². The van der Waals surface area contributed by atoms with E-state index in [1.807, 2.05) is 57.7 Å². The highest BCUT2D eigenvalue weighted by atomic mass is 16.7. The van der Waals surface area contributed by atoms with E-state index in [2.05, 4.69) is 0 Å². The monoisotopic (exact) mass is 377 g/mol. The molecule has 1 heterocycles. The molecule has 1 aliphatic rings. The predicted octanol–water partition coefficient (Wildman–Crippen LogP) is 3.71. The molecule has 0 saturated heterocycles. The third kappa shape index (κ3) is 6.45. The number of esters is 1. The smallest absolute Gasteiger partial charge is 0.306 e. The molecular weight excluding hydrogens is 346 g/mol. The number of benzene rings is 1. The van der Waals surface area contributed by atoms with E-state index in [1.165, 1.54) is 0 Å². The molecule has 2 rings (SSSR count). The quantitative estimate of drug-likeness (QED) is 0.646. The van der Waals surface area contributed by atoms with Crippen LogP contribution in [0.2, 0.25) is 0 Å². The van der Waals surface area contributed by atoms with Crippen LogP contribution in [0.25, 0.3) is 0 Å². The first kappa shape index (κ1) is 21.1. The largest absolute Gasteiger partial charge is 0.460 e. The van der Waals surface area contributed by atoms with E-state index in [-0.39, 0.29) is 31.1 Å². The molecule has 1 aliphatic heterocycles. The minimum Gasteiger partial charge on any atom is -0.460 e. The lowest BCUT2D eigenvalue weighted by Crippen LogP contribution is -2.39. The van der Waals surface area contributed by atoms with Gasteiger partial charge in [0.15, 0.2) is 11.5 Å². The van der Waals surface area contributed by atoms with E-state index in [4.69, 9.17) is 14.2 Å². The maximum atomic E-state index is 12.6. The molecule has 0 bridgehead atoms. The Morgan fingerprint density at radius 3 is 2.56 bits per heavy atom. The van der Waals surface area contributed by atoms with Crippen molar-refractivity contribution in [2.75, 3.05) is 13.3 Å². The summed E-state index contributed by atoms with van der Waals surface area (Å²) in [5.74, 6) is 1.32. The van der Waals surface area contributed by atoms with Crippen molar-refractivity contribution in [1.82, 2.24) is 4.90 Å². The molecule has 6 nitrogen and oxygen atoms in total. The summed E-state index contributed by atoms with van der Waals surface area (Å²) in [5, 5.41) is 0. The first-order chi connectivity index (χ1) is 12.7. The van der Waals surface area contributed by atoms with Crippen LogP contribution in [0.1, 0.15) is 59.4 Å². The zero-order chi connectivity index (χ0) is 20.0. The fourth-order valence-corrected chi connectivity index (χ4v) is 3.17. The van der Waals surface area contributed by atoms with Crippen LogP contribution in [-0.2, 0) is 20.7 Å². The third-order valence-corrected chi connectivity index (χ3v) is 4.35. The molecule has 1 aromatic carbocycles. The highest BCUT2D eigenvalue weighted by molar-refractivity contribution is 5.77. The Kier molecular flexibility index (Phi) is 7.11. The standard InChI is InChI=1S/C21H31NO5/c1-6-22(19(23)8-7-9-20(24)27-21(3,4)5)15(2)12-16-10-11-17-18(13-16)26-14-25-17/h10-11,13,15H,6-9,12,14H2,1-5H3. The Hall–Kier alpha value is -2.24. The van der Waals surface area contributed by atoms with Gasteiger partial charge in [-0.1, -0.05) is 6.07 Å². The maximum absolute atomic E-state index is 12.6. The van der Waals surface area contributed by atoms with E-state index in [0.29, 0.717) is 19.4 Å². The summed E-state index contributed by atoms with van der Waals surface area (Å²) < 4.78 is 16.0. The van der Waals surface area contributed by atoms with Crippen molar-refractivity contribution in [3.63, 3.8) is 0 Å². The number of fused-ring (bicyclic) bond motifs is 1. The average Bonchev–Trinajstić information content (AvgIpc) is 3.01. The molecule has 1 atom stereocenters. The van der Waals surface area contributed by atoms with Crippen LogP contribution in [0.3, 0.4) is 0 Å². The second-order valence-corrected chi connectivity index (χ2v) is 7.86. The average molecular weight is 377 g/mol. The molecule has 0 spiro atoms. The number of nitrogens with zero attached hydrogens (tertiary/aromatic N) is 1. The zero-order valence-electron chi connectivity index (χ0n) is 17.0. The van der Waals surface area contributed by atoms with Crippen LogP contribution < -0.4 is 9.47 Å². The summed E-state index contributed by atoms with van der Waals surface area (Å²) >= 11 is 0. The van der Waals surface area contributed by atoms with Gasteiger partial charge in [0.05, 0.1) is 0 Å². The van der Waals surface area contributed by atoms with Crippen molar-refractivity contribution in [3.05, 3.63) is 23.8 Å². The van der Waals surface area contributed by atoms with Crippen LogP contribution in [-0.4, -0.2) is 41.8 Å². The Bertz CT molecular complexity index is 665. The molecule has 6 heteroatoms. The predicted molar refractivity (Wildman–Crippen MR) is 103 cm³/mol. The van der Waals surface area contributed by atoms with Crippen LogP contribution >= 0.6 is 0 Å². The number of hydrogen-bond donors (Lipinski definition) is 0. The van der Waals surface area contributed by atoms with E-state index in [9.17, 15) is 9.59 Å². The van der Waals surface area contributed by atoms with Gasteiger partial charge in [0.2, 0.25) is 12.7 Å². The van der Waals surface area contributed by atoms with E-state index in [0.717, 1.165) is 23.5 Å². The lowest BCUT2D eigenvalue weighted by Gasteiger charge is -2.28. The second-order valence-electron chi connectivity index (χ2n) is 7.86. The molecule has 1 aromatic rings. The summed E-state index contributed by atoms with van der Waals surface area (Å²) in [5.41, 5.74) is 0.613. The van der Waals surface area contributed by atoms with Crippen LogP contribution in [0.5, 0.6) is 11.5 Å². The summed E-state index contributed by atoms with van der Waals surface area (Å²) in [6.07, 6.45) is 1.85. The van der Waals surface area contributed by atoms with Gasteiger partial charge in [-0.05, 0) is 65.2 Å². The minimum atomic E-state index is -0.490. The number of hydrogen-bond acceptors (Lipinski definition) is 5. The first-order valence-electron chi connectivity index (χ1n) is 9.59. The molecule has 0 fully saturated rings. The zero-order valence-corrected chi connectivity index (χ0v) is 17.0. The van der Waals surface area contributed by atoms with Crippen molar-refractivity contribution in [3.8, 4) is 11.5 Å². The molecular formula is C21H31NO5. The number of rotatable bonds is 8. The van der Waals surface area contributed by atoms with Crippen molar-refractivity contribution >= 4 is 11.9 Å². The van der Waals surface area contributed by atoms with Crippen LogP contribution in [0.15, 0.2) is 18.2 Å². The number of likely N-dealkylation sites (N-methyl/N-ethyl adjacent to an activating group) is 1. The van der Waals surface area contributed by atoms with Gasteiger partial charge < -0.3 is 19.1 Å². The molecule has 0 saturated carbocycles. The Labute approximate surface area is 161 Å². The molecule has 1 amide bonds. The van der Waals surface area contributed by atoms with Gasteiger partial charge >= 0.3 is 5.97 Å². The Morgan fingerprint density at radius 2 is 1.89 bits per heavy atom. The van der Waals surface area contributed by atoms with E-state index < -0.39 is 5.60 Å². The Morgan fingerprint density at radius 1 is 1.19 bits per heavy atom. The molecule has 1 unspecified atom stereocenters. The minimum absolute atomic E-state index is 0.0596. The van der Waals surface area contributed by atoms with Crippen molar-refractivity contribution < 1.29 is 23.8 Å². The van der Waals surface area contributed by atoms with Gasteiger partial charge in [0.25, 0.3) is 0 Å². The van der Waals surface area contributed by atoms with Gasteiger partial charge in [-0.3, -0.25) is 9.59 Å². The van der Waals surface area contributed by atoms with Crippen LogP contribution in [0, 0.1) is 0 Å². The van der Waals surface area contributed by atoms with Gasteiger partial charge in [0.1, 0.15) is 5.60 Å². The van der Waals surface area contributed by atoms with Crippen molar-refractivity contribution in [2.45, 2.75) is 71.9 Å². The van der Waals surface area contributed by atoms with Crippen molar-refractivity contribution in [1.29, 1.82) is 0 Å². The number of amides is 1. The third-order valence-electron chi connectivity index (χ3n) is 4.35. The SMILES string of the molecule is CCN(C(=O)CCCC(=O)OC(C)(C)C)C(C)Cc1ccc2c(c1)OCO2. The highest BCUT2D eigenvalue weighted by Crippen LogP contribution is 2.33. The van der Waals surface area contributed by atoms with Crippen LogP contribution in [0.4, 0.5) is 0 Å². The summed E-state index contributed by atoms with van der Waals surface area (Å²) in [7, 11) is 0. The molecule has 0 aromatic heterocycles. The van der Waals surface area contributed by atoms with E-state index in [1.54, 1.807) is 0 Å². The van der Waals surface area contributed by atoms with Gasteiger partial charge in [-0.2, -0.15) is 0 Å². The summed E-state index contributed by atoms with van der Waals surface area (Å²) in [6.45, 7) is 10.4.